The molecule has 1 aromatic carbocycles. The van der Waals surface area contributed by atoms with Crippen molar-refractivity contribution >= 4 is 11.6 Å². The SMILES string of the molecule is CC(C)CCN(c1ccc(CCC2CCCCC2)cc1)C1CCCN(C(=O)[C@@H](N)CC(C)C)C1. The summed E-state index contributed by atoms with van der Waals surface area (Å²) in [4.78, 5) is 17.7. The number of benzene rings is 1. The second-order valence-electron chi connectivity index (χ2n) is 11.9. The molecule has 0 radical (unpaired) electrons. The van der Waals surface area contributed by atoms with Gasteiger partial charge in [0, 0.05) is 31.4 Å². The molecular formula is C30H51N3O. The number of carbonyl (C=O) groups is 1. The van der Waals surface area contributed by atoms with Crippen LogP contribution in [-0.4, -0.2) is 42.5 Å². The maximum atomic E-state index is 13.0. The molecule has 0 aromatic heterocycles. The van der Waals surface area contributed by atoms with Crippen molar-refractivity contribution in [3.05, 3.63) is 29.8 Å². The highest BCUT2D eigenvalue weighted by Crippen LogP contribution is 2.29. The highest BCUT2D eigenvalue weighted by atomic mass is 16.2. The van der Waals surface area contributed by atoms with Gasteiger partial charge in [-0.1, -0.05) is 71.9 Å². The first kappa shape index (κ1) is 27.0. The fraction of sp³-hybridized carbons (Fsp3) is 0.767. The van der Waals surface area contributed by atoms with E-state index >= 15 is 0 Å². The molecule has 1 amide bonds. The van der Waals surface area contributed by atoms with Crippen LogP contribution in [0.2, 0.25) is 0 Å². The van der Waals surface area contributed by atoms with Crippen LogP contribution in [0.1, 0.15) is 97.5 Å². The number of nitrogens with two attached hydrogens (primary N) is 1. The van der Waals surface area contributed by atoms with Crippen LogP contribution in [0.25, 0.3) is 0 Å². The molecule has 34 heavy (non-hydrogen) atoms. The molecule has 3 rings (SSSR count). The lowest BCUT2D eigenvalue weighted by molar-refractivity contribution is -0.134. The molecule has 2 atom stereocenters. The van der Waals surface area contributed by atoms with Gasteiger partial charge in [-0.2, -0.15) is 0 Å². The van der Waals surface area contributed by atoms with Crippen LogP contribution >= 0.6 is 0 Å². The summed E-state index contributed by atoms with van der Waals surface area (Å²) in [6.45, 7) is 11.6. The number of likely N-dealkylation sites (tertiary alicyclic amines) is 1. The molecule has 2 fully saturated rings. The van der Waals surface area contributed by atoms with Crippen molar-refractivity contribution < 1.29 is 4.79 Å². The molecule has 1 unspecified atom stereocenters. The molecule has 192 valence electrons. The zero-order valence-corrected chi connectivity index (χ0v) is 22.5. The fourth-order valence-corrected chi connectivity index (χ4v) is 5.87. The van der Waals surface area contributed by atoms with E-state index in [0.29, 0.717) is 17.9 Å². The van der Waals surface area contributed by atoms with Crippen molar-refractivity contribution in [3.63, 3.8) is 0 Å². The Morgan fingerprint density at radius 3 is 2.35 bits per heavy atom. The van der Waals surface area contributed by atoms with Crippen LogP contribution in [0.5, 0.6) is 0 Å². The van der Waals surface area contributed by atoms with Crippen LogP contribution in [0, 0.1) is 17.8 Å². The van der Waals surface area contributed by atoms with E-state index in [1.165, 1.54) is 62.6 Å². The molecule has 1 aliphatic heterocycles. The Hall–Kier alpha value is -1.55. The Morgan fingerprint density at radius 1 is 1.00 bits per heavy atom. The van der Waals surface area contributed by atoms with E-state index in [9.17, 15) is 4.79 Å². The Kier molecular flexibility index (Phi) is 10.8. The average Bonchev–Trinajstić information content (AvgIpc) is 2.83. The zero-order valence-electron chi connectivity index (χ0n) is 22.5. The quantitative estimate of drug-likeness (QED) is 0.407. The molecule has 0 spiro atoms. The van der Waals surface area contributed by atoms with Crippen LogP contribution in [0.4, 0.5) is 5.69 Å². The van der Waals surface area contributed by atoms with Crippen LogP contribution in [0.15, 0.2) is 24.3 Å². The number of aryl methyl sites for hydroxylation is 1. The lowest BCUT2D eigenvalue weighted by Gasteiger charge is -2.41. The van der Waals surface area contributed by atoms with Crippen LogP contribution < -0.4 is 10.6 Å². The molecule has 1 heterocycles. The largest absolute Gasteiger partial charge is 0.367 e. The summed E-state index contributed by atoms with van der Waals surface area (Å²) < 4.78 is 0. The highest BCUT2D eigenvalue weighted by Gasteiger charge is 2.30. The van der Waals surface area contributed by atoms with Gasteiger partial charge in [0.05, 0.1) is 6.04 Å². The molecule has 2 aliphatic rings. The number of amides is 1. The van der Waals surface area contributed by atoms with E-state index in [4.69, 9.17) is 5.73 Å². The summed E-state index contributed by atoms with van der Waals surface area (Å²) >= 11 is 0. The van der Waals surface area contributed by atoms with Crippen molar-refractivity contribution in [2.24, 2.45) is 23.5 Å². The lowest BCUT2D eigenvalue weighted by Crippen LogP contribution is -2.54. The average molecular weight is 470 g/mol. The van der Waals surface area contributed by atoms with Gasteiger partial charge in [-0.05, 0) is 74.0 Å². The van der Waals surface area contributed by atoms with Gasteiger partial charge in [-0.3, -0.25) is 4.79 Å². The third kappa shape index (κ3) is 8.29. The van der Waals surface area contributed by atoms with Gasteiger partial charge in [0.15, 0.2) is 0 Å². The Morgan fingerprint density at radius 2 is 1.71 bits per heavy atom. The Bertz CT molecular complexity index is 723. The molecule has 1 aromatic rings. The molecule has 4 nitrogen and oxygen atoms in total. The van der Waals surface area contributed by atoms with Crippen molar-refractivity contribution in [2.75, 3.05) is 24.5 Å². The number of rotatable bonds is 11. The van der Waals surface area contributed by atoms with Gasteiger partial charge in [0.2, 0.25) is 5.91 Å². The third-order valence-electron chi connectivity index (χ3n) is 7.97. The zero-order chi connectivity index (χ0) is 24.5. The van der Waals surface area contributed by atoms with E-state index in [1.54, 1.807) is 0 Å². The molecule has 0 bridgehead atoms. The number of hydrogen-bond acceptors (Lipinski definition) is 3. The standard InChI is InChI=1S/C30H51N3O/c1-23(2)18-20-33(28-11-8-19-32(22-28)30(34)29(31)21-24(3)4)27-16-14-26(15-17-27)13-12-25-9-6-5-7-10-25/h14-17,23-25,28-29H,5-13,18-22,31H2,1-4H3/t28?,29-/m0/s1. The van der Waals surface area contributed by atoms with E-state index < -0.39 is 0 Å². The summed E-state index contributed by atoms with van der Waals surface area (Å²) in [5.41, 5.74) is 9.06. The van der Waals surface area contributed by atoms with Crippen molar-refractivity contribution in [3.8, 4) is 0 Å². The summed E-state index contributed by atoms with van der Waals surface area (Å²) in [5.74, 6) is 2.18. The van der Waals surface area contributed by atoms with Crippen LogP contribution in [-0.2, 0) is 11.2 Å². The van der Waals surface area contributed by atoms with Gasteiger partial charge in [0.25, 0.3) is 0 Å². The van der Waals surface area contributed by atoms with Crippen molar-refractivity contribution in [1.82, 2.24) is 4.90 Å². The topological polar surface area (TPSA) is 49.6 Å². The van der Waals surface area contributed by atoms with Gasteiger partial charge < -0.3 is 15.5 Å². The number of anilines is 1. The normalized spacial score (nSPS) is 20.7. The molecule has 2 N–H and O–H groups in total. The monoisotopic (exact) mass is 469 g/mol. The number of nitrogens with zero attached hydrogens (tertiary/aromatic N) is 2. The third-order valence-corrected chi connectivity index (χ3v) is 7.97. The number of carbonyl (C=O) groups excluding carboxylic acids is 1. The summed E-state index contributed by atoms with van der Waals surface area (Å²) in [6, 6.07) is 9.38. The van der Waals surface area contributed by atoms with E-state index in [2.05, 4.69) is 56.9 Å². The highest BCUT2D eigenvalue weighted by molar-refractivity contribution is 5.81. The van der Waals surface area contributed by atoms with E-state index in [0.717, 1.165) is 44.8 Å². The minimum Gasteiger partial charge on any atom is -0.367 e. The van der Waals surface area contributed by atoms with Gasteiger partial charge in [0.1, 0.15) is 0 Å². The molecule has 1 saturated carbocycles. The predicted molar refractivity (Wildman–Crippen MR) is 145 cm³/mol. The first-order chi connectivity index (χ1) is 16.3. The molecule has 1 aliphatic carbocycles. The van der Waals surface area contributed by atoms with Crippen molar-refractivity contribution in [1.29, 1.82) is 0 Å². The van der Waals surface area contributed by atoms with E-state index in [1.807, 2.05) is 4.90 Å². The minimum atomic E-state index is -0.369. The predicted octanol–water partition coefficient (Wildman–Crippen LogP) is 6.42. The smallest absolute Gasteiger partial charge is 0.239 e. The van der Waals surface area contributed by atoms with Gasteiger partial charge in [-0.25, -0.2) is 0 Å². The fourth-order valence-electron chi connectivity index (χ4n) is 5.87. The second-order valence-corrected chi connectivity index (χ2v) is 11.9. The summed E-state index contributed by atoms with van der Waals surface area (Å²) in [5, 5.41) is 0. The number of hydrogen-bond donors (Lipinski definition) is 1. The maximum Gasteiger partial charge on any atom is 0.239 e. The number of piperidine rings is 1. The Labute approximate surface area is 209 Å². The van der Waals surface area contributed by atoms with E-state index in [-0.39, 0.29) is 11.9 Å². The summed E-state index contributed by atoms with van der Waals surface area (Å²) in [7, 11) is 0. The second kappa shape index (κ2) is 13.5. The minimum absolute atomic E-state index is 0.139. The first-order valence-electron chi connectivity index (χ1n) is 14.2. The summed E-state index contributed by atoms with van der Waals surface area (Å²) in [6.07, 6.45) is 13.8. The van der Waals surface area contributed by atoms with Crippen LogP contribution in [0.3, 0.4) is 0 Å². The molecule has 4 heteroatoms. The first-order valence-corrected chi connectivity index (χ1v) is 14.2. The maximum absolute atomic E-state index is 13.0. The van der Waals surface area contributed by atoms with Crippen molar-refractivity contribution in [2.45, 2.75) is 110 Å². The van der Waals surface area contributed by atoms with Gasteiger partial charge >= 0.3 is 0 Å². The molecule has 1 saturated heterocycles. The molecular weight excluding hydrogens is 418 g/mol. The van der Waals surface area contributed by atoms with Gasteiger partial charge in [-0.15, -0.1) is 0 Å². The Balaban J connectivity index is 1.65. The lowest BCUT2D eigenvalue weighted by atomic mass is 9.85.